The highest BCUT2D eigenvalue weighted by Crippen LogP contribution is 2.27. The van der Waals surface area contributed by atoms with Gasteiger partial charge < -0.3 is 20.5 Å². The number of nitrogens with one attached hydrogen (secondary N) is 2. The molecule has 0 aliphatic carbocycles. The smallest absolute Gasteiger partial charge is 0.315 e. The number of aliphatic hydroxyl groups is 1. The molecule has 0 spiro atoms. The van der Waals surface area contributed by atoms with E-state index in [-0.39, 0.29) is 6.61 Å². The highest BCUT2D eigenvalue weighted by molar-refractivity contribution is 5.74. The molecule has 128 valence electrons. The van der Waals surface area contributed by atoms with Crippen LogP contribution in [0.2, 0.25) is 0 Å². The maximum Gasteiger partial charge on any atom is 0.315 e. The summed E-state index contributed by atoms with van der Waals surface area (Å²) in [6, 6.07) is 10.8. The highest BCUT2D eigenvalue weighted by atomic mass is 19.1. The Morgan fingerprint density at radius 1 is 1.25 bits per heavy atom. The highest BCUT2D eigenvalue weighted by Gasteiger charge is 2.18. The lowest BCUT2D eigenvalue weighted by Crippen LogP contribution is -2.37. The van der Waals surface area contributed by atoms with Crippen LogP contribution in [0.25, 0.3) is 0 Å². The minimum Gasteiger partial charge on any atom is -0.496 e. The molecule has 0 fully saturated rings. The van der Waals surface area contributed by atoms with Crippen LogP contribution in [0, 0.1) is 5.82 Å². The van der Waals surface area contributed by atoms with Crippen molar-refractivity contribution in [3.8, 4) is 5.75 Å². The Bertz CT molecular complexity index is 706. The summed E-state index contributed by atoms with van der Waals surface area (Å²) in [6.07, 6.45) is 0. The molecule has 0 unspecified atom stereocenters. The molecule has 0 bridgehead atoms. The topological polar surface area (TPSA) is 70.6 Å². The molecule has 2 amide bonds. The summed E-state index contributed by atoms with van der Waals surface area (Å²) < 4.78 is 19.1. The predicted octanol–water partition coefficient (Wildman–Crippen LogP) is 2.89. The van der Waals surface area contributed by atoms with Crippen molar-refractivity contribution in [3.63, 3.8) is 0 Å². The molecule has 2 aromatic rings. The van der Waals surface area contributed by atoms with Crippen molar-refractivity contribution < 1.29 is 19.0 Å². The van der Waals surface area contributed by atoms with Gasteiger partial charge in [0.1, 0.15) is 11.6 Å². The van der Waals surface area contributed by atoms with E-state index in [0.717, 1.165) is 11.1 Å². The Morgan fingerprint density at radius 3 is 2.67 bits per heavy atom. The van der Waals surface area contributed by atoms with Crippen LogP contribution in [0.5, 0.6) is 5.75 Å². The lowest BCUT2D eigenvalue weighted by atomic mass is 10.1. The van der Waals surface area contributed by atoms with Crippen molar-refractivity contribution in [2.45, 2.75) is 26.1 Å². The monoisotopic (exact) mass is 332 g/mol. The summed E-state index contributed by atoms with van der Waals surface area (Å²) in [5.74, 6) is -0.0451. The fraction of sp³-hybridized carbons (Fsp3) is 0.278. The van der Waals surface area contributed by atoms with Gasteiger partial charge in [0.2, 0.25) is 0 Å². The number of carbonyl (C=O) groups excluding carboxylic acids is 1. The van der Waals surface area contributed by atoms with Gasteiger partial charge >= 0.3 is 6.03 Å². The Kier molecular flexibility index (Phi) is 6.14. The van der Waals surface area contributed by atoms with Gasteiger partial charge in [-0.3, -0.25) is 0 Å². The summed E-state index contributed by atoms with van der Waals surface area (Å²) in [7, 11) is 1.46. The summed E-state index contributed by atoms with van der Waals surface area (Å²) in [5, 5.41) is 14.5. The molecule has 0 saturated heterocycles. The van der Waals surface area contributed by atoms with Gasteiger partial charge in [-0.25, -0.2) is 9.18 Å². The van der Waals surface area contributed by atoms with Gasteiger partial charge in [0.05, 0.1) is 25.3 Å². The van der Waals surface area contributed by atoms with Gasteiger partial charge in [0.25, 0.3) is 0 Å². The zero-order valence-electron chi connectivity index (χ0n) is 13.7. The largest absolute Gasteiger partial charge is 0.496 e. The molecule has 0 aromatic heterocycles. The Morgan fingerprint density at radius 2 is 1.96 bits per heavy atom. The van der Waals surface area contributed by atoms with Crippen LogP contribution in [0.4, 0.5) is 9.18 Å². The molecular formula is C18H21FN2O3. The lowest BCUT2D eigenvalue weighted by molar-refractivity contribution is 0.237. The zero-order chi connectivity index (χ0) is 17.5. The number of ether oxygens (including phenoxy) is 1. The first-order chi connectivity index (χ1) is 11.5. The van der Waals surface area contributed by atoms with E-state index in [9.17, 15) is 9.18 Å². The van der Waals surface area contributed by atoms with Crippen molar-refractivity contribution in [2.75, 3.05) is 7.11 Å². The average Bonchev–Trinajstić information content (AvgIpc) is 2.59. The van der Waals surface area contributed by atoms with Crippen LogP contribution in [0.3, 0.4) is 0 Å². The normalized spacial score (nSPS) is 11.7. The number of carbonyl (C=O) groups is 1. The predicted molar refractivity (Wildman–Crippen MR) is 89.1 cm³/mol. The molecule has 0 aliphatic heterocycles. The Labute approximate surface area is 140 Å². The molecule has 2 rings (SSSR count). The van der Waals surface area contributed by atoms with Gasteiger partial charge in [-0.2, -0.15) is 0 Å². The van der Waals surface area contributed by atoms with Gasteiger partial charge in [-0.15, -0.1) is 0 Å². The maximum absolute atomic E-state index is 14.0. The molecule has 0 aliphatic rings. The number of hydrogen-bond acceptors (Lipinski definition) is 3. The molecule has 0 radical (unpaired) electrons. The van der Waals surface area contributed by atoms with Gasteiger partial charge in [0.15, 0.2) is 0 Å². The molecule has 24 heavy (non-hydrogen) atoms. The summed E-state index contributed by atoms with van der Waals surface area (Å²) >= 11 is 0. The van der Waals surface area contributed by atoms with E-state index >= 15 is 0 Å². The van der Waals surface area contributed by atoms with Gasteiger partial charge in [0, 0.05) is 6.54 Å². The Balaban J connectivity index is 1.97. The lowest BCUT2D eigenvalue weighted by Gasteiger charge is -2.18. The van der Waals surface area contributed by atoms with E-state index in [0.29, 0.717) is 17.9 Å². The average molecular weight is 332 g/mol. The molecule has 5 nitrogen and oxygen atoms in total. The van der Waals surface area contributed by atoms with E-state index < -0.39 is 17.9 Å². The van der Waals surface area contributed by atoms with E-state index in [1.54, 1.807) is 25.1 Å². The third-order valence-electron chi connectivity index (χ3n) is 3.64. The fourth-order valence-electron chi connectivity index (χ4n) is 2.46. The standard InChI is InChI=1S/C18H21FN2O3/c1-12(17-15(19)7-4-8-16(17)24-2)21-18(23)20-10-13-5-3-6-14(9-13)11-22/h3-9,12,22H,10-11H2,1-2H3,(H2,20,21,23)/t12-/m0/s1. The van der Waals surface area contributed by atoms with Crippen LogP contribution in [0.1, 0.15) is 29.7 Å². The summed E-state index contributed by atoms with van der Waals surface area (Å²) in [6.45, 7) is 1.94. The number of rotatable bonds is 6. The summed E-state index contributed by atoms with van der Waals surface area (Å²) in [5.41, 5.74) is 1.95. The number of urea groups is 1. The minimum atomic E-state index is -0.551. The number of amides is 2. The molecule has 3 N–H and O–H groups in total. The minimum absolute atomic E-state index is 0.0514. The number of methoxy groups -OCH3 is 1. The van der Waals surface area contributed by atoms with Crippen LogP contribution in [-0.2, 0) is 13.2 Å². The second kappa shape index (κ2) is 8.31. The summed E-state index contributed by atoms with van der Waals surface area (Å²) in [4.78, 5) is 12.0. The van der Waals surface area contributed by atoms with Crippen molar-refractivity contribution >= 4 is 6.03 Å². The molecule has 2 aromatic carbocycles. The van der Waals surface area contributed by atoms with Gasteiger partial charge in [-0.1, -0.05) is 30.3 Å². The number of aliphatic hydroxyl groups excluding tert-OH is 1. The van der Waals surface area contributed by atoms with Gasteiger partial charge in [-0.05, 0) is 30.2 Å². The zero-order valence-corrected chi connectivity index (χ0v) is 13.7. The first-order valence-corrected chi connectivity index (χ1v) is 7.60. The Hall–Kier alpha value is -2.60. The molecule has 0 saturated carbocycles. The molecule has 6 heteroatoms. The van der Waals surface area contributed by atoms with Crippen molar-refractivity contribution in [2.24, 2.45) is 0 Å². The second-order valence-electron chi connectivity index (χ2n) is 5.38. The maximum atomic E-state index is 14.0. The van der Waals surface area contributed by atoms with Crippen LogP contribution >= 0.6 is 0 Å². The van der Waals surface area contributed by atoms with E-state index in [2.05, 4.69) is 10.6 Å². The third kappa shape index (κ3) is 4.45. The number of benzene rings is 2. The first kappa shape index (κ1) is 17.7. The second-order valence-corrected chi connectivity index (χ2v) is 5.38. The van der Waals surface area contributed by atoms with Crippen molar-refractivity contribution in [1.82, 2.24) is 10.6 Å². The van der Waals surface area contributed by atoms with Crippen LogP contribution in [0.15, 0.2) is 42.5 Å². The molecule has 0 heterocycles. The van der Waals surface area contributed by atoms with E-state index in [4.69, 9.17) is 9.84 Å². The molecule has 1 atom stereocenters. The van der Waals surface area contributed by atoms with E-state index in [1.807, 2.05) is 18.2 Å². The van der Waals surface area contributed by atoms with Crippen LogP contribution in [-0.4, -0.2) is 18.2 Å². The quantitative estimate of drug-likeness (QED) is 0.762. The number of halogens is 1. The number of hydrogen-bond donors (Lipinski definition) is 3. The fourth-order valence-corrected chi connectivity index (χ4v) is 2.46. The van der Waals surface area contributed by atoms with Crippen molar-refractivity contribution in [3.05, 3.63) is 65.0 Å². The first-order valence-electron chi connectivity index (χ1n) is 7.60. The van der Waals surface area contributed by atoms with Crippen LogP contribution < -0.4 is 15.4 Å². The molecular weight excluding hydrogens is 311 g/mol. The third-order valence-corrected chi connectivity index (χ3v) is 3.64. The SMILES string of the molecule is COc1cccc(F)c1[C@H](C)NC(=O)NCc1cccc(CO)c1. The van der Waals surface area contributed by atoms with E-state index in [1.165, 1.54) is 13.2 Å². The van der Waals surface area contributed by atoms with Crippen molar-refractivity contribution in [1.29, 1.82) is 0 Å².